The number of piperidine rings is 1. The minimum atomic E-state index is -3.03. The van der Waals surface area contributed by atoms with Gasteiger partial charge in [-0.25, -0.2) is 12.7 Å². The Morgan fingerprint density at radius 1 is 0.963 bits per heavy atom. The maximum Gasteiger partial charge on any atom is 0.211 e. The van der Waals surface area contributed by atoms with Crippen LogP contribution in [0.3, 0.4) is 0 Å². The summed E-state index contributed by atoms with van der Waals surface area (Å²) in [6.45, 7) is 8.22. The van der Waals surface area contributed by atoms with Crippen molar-refractivity contribution in [3.8, 4) is 0 Å². The molecule has 0 saturated carbocycles. The molecule has 156 valence electrons. The van der Waals surface area contributed by atoms with Gasteiger partial charge in [0.25, 0.3) is 0 Å². The van der Waals surface area contributed by atoms with E-state index < -0.39 is 10.0 Å². The van der Waals surface area contributed by atoms with E-state index in [1.165, 1.54) is 38.6 Å². The molecule has 6 nitrogen and oxygen atoms in total. The van der Waals surface area contributed by atoms with Gasteiger partial charge in [-0.3, -0.25) is 0 Å². The van der Waals surface area contributed by atoms with Gasteiger partial charge in [0.2, 0.25) is 10.0 Å². The molecular weight excluding hydrogens is 362 g/mol. The SMILES string of the molecule is CN1CCC2(CCOC(CCN3CCC4(CC3)CCN(S(C)(=O)=O)C4)C2)C1. The molecule has 0 radical (unpaired) electrons. The smallest absolute Gasteiger partial charge is 0.211 e. The Bertz CT molecular complexity index is 628. The number of ether oxygens (including phenoxy) is 1. The summed E-state index contributed by atoms with van der Waals surface area (Å²) in [7, 11) is -0.785. The van der Waals surface area contributed by atoms with Gasteiger partial charge < -0.3 is 14.5 Å². The molecule has 2 atom stereocenters. The van der Waals surface area contributed by atoms with Crippen molar-refractivity contribution in [3.05, 3.63) is 0 Å². The zero-order valence-electron chi connectivity index (χ0n) is 17.2. The molecule has 0 amide bonds. The van der Waals surface area contributed by atoms with Crippen molar-refractivity contribution in [2.24, 2.45) is 10.8 Å². The van der Waals surface area contributed by atoms with Crippen molar-refractivity contribution < 1.29 is 13.2 Å². The van der Waals surface area contributed by atoms with E-state index in [2.05, 4.69) is 16.8 Å². The fourth-order valence-corrected chi connectivity index (χ4v) is 6.89. The number of hydrogen-bond donors (Lipinski definition) is 0. The highest BCUT2D eigenvalue weighted by molar-refractivity contribution is 7.88. The van der Waals surface area contributed by atoms with Crippen molar-refractivity contribution in [1.82, 2.24) is 14.1 Å². The first-order valence-corrected chi connectivity index (χ1v) is 12.6. The molecule has 2 spiro atoms. The van der Waals surface area contributed by atoms with Crippen molar-refractivity contribution in [2.75, 3.05) is 65.7 Å². The Morgan fingerprint density at radius 2 is 1.67 bits per heavy atom. The molecule has 4 heterocycles. The van der Waals surface area contributed by atoms with E-state index in [0.29, 0.717) is 18.1 Å². The Labute approximate surface area is 165 Å². The molecule has 0 N–H and O–H groups in total. The highest BCUT2D eigenvalue weighted by Crippen LogP contribution is 2.43. The van der Waals surface area contributed by atoms with Crippen LogP contribution in [0, 0.1) is 10.8 Å². The minimum absolute atomic E-state index is 0.236. The monoisotopic (exact) mass is 399 g/mol. The molecule has 2 unspecified atom stereocenters. The van der Waals surface area contributed by atoms with Gasteiger partial charge in [-0.15, -0.1) is 0 Å². The molecule has 7 heteroatoms. The first kappa shape index (κ1) is 20.1. The van der Waals surface area contributed by atoms with Gasteiger partial charge in [-0.1, -0.05) is 0 Å². The lowest BCUT2D eigenvalue weighted by molar-refractivity contribution is -0.0523. The molecule has 0 bridgehead atoms. The standard InChI is InChI=1S/C20H37N3O3S/c1-21-10-4-20(16-21)8-14-26-18(15-20)3-9-22-11-5-19(6-12-22)7-13-23(17-19)27(2,24)25/h18H,3-17H2,1-2H3. The van der Waals surface area contributed by atoms with Crippen molar-refractivity contribution in [1.29, 1.82) is 0 Å². The number of likely N-dealkylation sites (tertiary alicyclic amines) is 2. The van der Waals surface area contributed by atoms with Gasteiger partial charge in [0.15, 0.2) is 0 Å². The quantitative estimate of drug-likeness (QED) is 0.719. The summed E-state index contributed by atoms with van der Waals surface area (Å²) in [5, 5.41) is 0. The number of sulfonamides is 1. The second kappa shape index (κ2) is 7.56. The topological polar surface area (TPSA) is 53.1 Å². The Kier molecular flexibility index (Phi) is 5.62. The molecule has 4 saturated heterocycles. The maximum atomic E-state index is 11.8. The third-order valence-electron chi connectivity index (χ3n) is 7.83. The largest absolute Gasteiger partial charge is 0.378 e. The summed E-state index contributed by atoms with van der Waals surface area (Å²) in [5.74, 6) is 0. The molecular formula is C20H37N3O3S. The first-order chi connectivity index (χ1) is 12.8. The van der Waals surface area contributed by atoms with Gasteiger partial charge in [0.05, 0.1) is 12.4 Å². The number of nitrogens with zero attached hydrogens (tertiary/aromatic N) is 3. The average Bonchev–Trinajstić information content (AvgIpc) is 3.19. The number of rotatable bonds is 4. The molecule has 0 aromatic carbocycles. The predicted octanol–water partition coefficient (Wildman–Crippen LogP) is 1.62. The van der Waals surface area contributed by atoms with E-state index in [1.54, 1.807) is 4.31 Å². The van der Waals surface area contributed by atoms with Crippen LogP contribution in [-0.4, -0.2) is 94.4 Å². The third-order valence-corrected chi connectivity index (χ3v) is 9.08. The second-order valence-corrected chi connectivity index (χ2v) is 11.9. The van der Waals surface area contributed by atoms with Gasteiger partial charge in [0, 0.05) is 32.8 Å². The van der Waals surface area contributed by atoms with Crippen LogP contribution in [0.1, 0.15) is 44.9 Å². The van der Waals surface area contributed by atoms with Crippen molar-refractivity contribution >= 4 is 10.0 Å². The molecule has 0 aliphatic carbocycles. The molecule has 0 aromatic heterocycles. The normalized spacial score (nSPS) is 36.1. The van der Waals surface area contributed by atoms with Gasteiger partial charge in [0.1, 0.15) is 0 Å². The van der Waals surface area contributed by atoms with Crippen LogP contribution >= 0.6 is 0 Å². The summed E-state index contributed by atoms with van der Waals surface area (Å²) < 4.78 is 31.5. The van der Waals surface area contributed by atoms with E-state index in [9.17, 15) is 8.42 Å². The maximum absolute atomic E-state index is 11.8. The molecule has 0 aromatic rings. The molecule has 27 heavy (non-hydrogen) atoms. The van der Waals surface area contributed by atoms with Gasteiger partial charge >= 0.3 is 0 Å². The molecule has 4 aliphatic heterocycles. The van der Waals surface area contributed by atoms with E-state index in [1.807, 2.05) is 0 Å². The summed E-state index contributed by atoms with van der Waals surface area (Å²) in [6, 6.07) is 0. The Morgan fingerprint density at radius 3 is 2.30 bits per heavy atom. The molecule has 4 rings (SSSR count). The summed E-state index contributed by atoms with van der Waals surface area (Å²) in [5.41, 5.74) is 0.752. The third kappa shape index (κ3) is 4.53. The van der Waals surface area contributed by atoms with Gasteiger partial charge in [-0.2, -0.15) is 0 Å². The summed E-state index contributed by atoms with van der Waals surface area (Å²) in [6.07, 6.45) is 10.0. The molecule has 4 aliphatic rings. The lowest BCUT2D eigenvalue weighted by Gasteiger charge is -2.41. The fourth-order valence-electron chi connectivity index (χ4n) is 5.96. The van der Waals surface area contributed by atoms with Crippen LogP contribution in [0.2, 0.25) is 0 Å². The molecule has 4 fully saturated rings. The van der Waals surface area contributed by atoms with E-state index in [-0.39, 0.29) is 5.41 Å². The van der Waals surface area contributed by atoms with E-state index in [0.717, 1.165) is 58.5 Å². The van der Waals surface area contributed by atoms with Crippen molar-refractivity contribution in [2.45, 2.75) is 51.0 Å². The van der Waals surface area contributed by atoms with Crippen LogP contribution < -0.4 is 0 Å². The summed E-state index contributed by atoms with van der Waals surface area (Å²) >= 11 is 0. The first-order valence-electron chi connectivity index (χ1n) is 10.8. The average molecular weight is 400 g/mol. The predicted molar refractivity (Wildman–Crippen MR) is 107 cm³/mol. The number of hydrogen-bond acceptors (Lipinski definition) is 5. The Hall–Kier alpha value is -0.210. The van der Waals surface area contributed by atoms with Crippen LogP contribution in [0.15, 0.2) is 0 Å². The van der Waals surface area contributed by atoms with Crippen LogP contribution in [0.5, 0.6) is 0 Å². The van der Waals surface area contributed by atoms with Crippen LogP contribution in [0.4, 0.5) is 0 Å². The van der Waals surface area contributed by atoms with Gasteiger partial charge in [-0.05, 0) is 82.5 Å². The zero-order valence-corrected chi connectivity index (χ0v) is 18.0. The van der Waals surface area contributed by atoms with Crippen LogP contribution in [0.25, 0.3) is 0 Å². The minimum Gasteiger partial charge on any atom is -0.378 e. The lowest BCUT2D eigenvalue weighted by atomic mass is 9.76. The fraction of sp³-hybridized carbons (Fsp3) is 1.00. The van der Waals surface area contributed by atoms with Crippen molar-refractivity contribution in [3.63, 3.8) is 0 Å². The lowest BCUT2D eigenvalue weighted by Crippen LogP contribution is -2.44. The van der Waals surface area contributed by atoms with E-state index in [4.69, 9.17) is 4.74 Å². The highest BCUT2D eigenvalue weighted by Gasteiger charge is 2.44. The summed E-state index contributed by atoms with van der Waals surface area (Å²) in [4.78, 5) is 5.06. The Balaban J connectivity index is 1.22. The second-order valence-electron chi connectivity index (χ2n) is 9.91. The highest BCUT2D eigenvalue weighted by atomic mass is 32.2. The van der Waals surface area contributed by atoms with Crippen LogP contribution in [-0.2, 0) is 14.8 Å². The van der Waals surface area contributed by atoms with E-state index >= 15 is 0 Å². The zero-order chi connectivity index (χ0) is 19.1.